The van der Waals surface area contributed by atoms with Crippen LogP contribution in [0.3, 0.4) is 0 Å². The second kappa shape index (κ2) is 19.9. The zero-order valence-corrected chi connectivity index (χ0v) is 31.5. The number of nitrogens with zero attached hydrogens (tertiary/aromatic N) is 2. The van der Waals surface area contributed by atoms with Crippen molar-refractivity contribution in [3.05, 3.63) is 29.8 Å². The summed E-state index contributed by atoms with van der Waals surface area (Å²) in [7, 11) is 0. The molecule has 1 amide bonds. The van der Waals surface area contributed by atoms with Crippen LogP contribution in [0.4, 0.5) is 5.69 Å². The highest BCUT2D eigenvalue weighted by atomic mass is 16.4. The molecule has 10 heteroatoms. The molecule has 48 heavy (non-hydrogen) atoms. The van der Waals surface area contributed by atoms with Crippen LogP contribution in [0, 0.1) is 47.3 Å². The molecule has 0 aliphatic heterocycles. The first-order chi connectivity index (χ1) is 22.3. The molecule has 0 bridgehead atoms. The minimum Gasteiger partial charge on any atom is -0.480 e. The third kappa shape index (κ3) is 12.5. The molecule has 0 radical (unpaired) electrons. The molecule has 8 unspecified atom stereocenters. The number of aliphatic carboxylic acids is 3. The minimum atomic E-state index is -1.19. The molecule has 4 N–H and O–H groups in total. The highest BCUT2D eigenvalue weighted by Crippen LogP contribution is 2.50. The van der Waals surface area contributed by atoms with Crippen molar-refractivity contribution in [2.45, 2.75) is 94.4 Å². The largest absolute Gasteiger partial charge is 0.480 e. The molecular formula is C38H65N3O7. The Balaban J connectivity index is 3.29. The Morgan fingerprint density at radius 2 is 0.979 bits per heavy atom. The molecular weight excluding hydrogens is 610 g/mol. The van der Waals surface area contributed by atoms with Crippen LogP contribution in [0.5, 0.6) is 0 Å². The summed E-state index contributed by atoms with van der Waals surface area (Å²) in [6.45, 7) is 24.3. The summed E-state index contributed by atoms with van der Waals surface area (Å²) in [6.07, 6.45) is 2.29. The number of hydrogen-bond acceptors (Lipinski definition) is 6. The number of benzene rings is 1. The summed E-state index contributed by atoms with van der Waals surface area (Å²) >= 11 is 0. The standard InChI is InChI=1S/C38H65N3O7/c1-12-24(3)26(5)28(7)30(9)38(11,31(10)29(8)27(6)25(4)13-2)32-14-16-33(17-15-32)39-34(42)20-40(21-35(43)44)18-19-41(22-36(45)46)23-37(47)48/h14-17,24-31H,12-13,18-23H2,1-11H3,(H,39,42)(H,43,44)(H,45,46)(H,47,48). The van der Waals surface area contributed by atoms with Crippen molar-refractivity contribution in [1.29, 1.82) is 0 Å². The van der Waals surface area contributed by atoms with Gasteiger partial charge in [-0.25, -0.2) is 0 Å². The van der Waals surface area contributed by atoms with E-state index >= 15 is 0 Å². The number of amides is 1. The minimum absolute atomic E-state index is 0.00780. The summed E-state index contributed by atoms with van der Waals surface area (Å²) < 4.78 is 0. The molecule has 0 spiro atoms. The Hall–Kier alpha value is -2.98. The summed E-state index contributed by atoms with van der Waals surface area (Å²) in [5, 5.41) is 30.5. The molecule has 274 valence electrons. The molecule has 0 saturated heterocycles. The smallest absolute Gasteiger partial charge is 0.317 e. The van der Waals surface area contributed by atoms with Crippen LogP contribution in [-0.2, 0) is 24.6 Å². The van der Waals surface area contributed by atoms with Crippen LogP contribution >= 0.6 is 0 Å². The summed E-state index contributed by atoms with van der Waals surface area (Å²) in [5.41, 5.74) is 1.69. The van der Waals surface area contributed by atoms with Gasteiger partial charge in [-0.3, -0.25) is 29.0 Å². The number of carboxylic acids is 3. The van der Waals surface area contributed by atoms with Crippen molar-refractivity contribution < 1.29 is 34.5 Å². The van der Waals surface area contributed by atoms with Gasteiger partial charge in [0.2, 0.25) is 5.91 Å². The Morgan fingerprint density at radius 1 is 0.625 bits per heavy atom. The van der Waals surface area contributed by atoms with Gasteiger partial charge in [0.15, 0.2) is 0 Å². The van der Waals surface area contributed by atoms with E-state index in [1.807, 2.05) is 12.1 Å². The first-order valence-electron chi connectivity index (χ1n) is 17.8. The van der Waals surface area contributed by atoms with Gasteiger partial charge < -0.3 is 20.6 Å². The van der Waals surface area contributed by atoms with Crippen molar-refractivity contribution in [2.24, 2.45) is 47.3 Å². The average molecular weight is 676 g/mol. The highest BCUT2D eigenvalue weighted by Gasteiger charge is 2.45. The van der Waals surface area contributed by atoms with Crippen molar-refractivity contribution >= 4 is 29.5 Å². The molecule has 0 fully saturated rings. The van der Waals surface area contributed by atoms with Crippen LogP contribution < -0.4 is 5.32 Å². The molecule has 1 aromatic rings. The van der Waals surface area contributed by atoms with Crippen molar-refractivity contribution in [2.75, 3.05) is 44.6 Å². The Bertz CT molecular complexity index is 1130. The Kier molecular flexibility index (Phi) is 17.8. The van der Waals surface area contributed by atoms with E-state index in [0.717, 1.165) is 12.8 Å². The Morgan fingerprint density at radius 3 is 1.31 bits per heavy atom. The van der Waals surface area contributed by atoms with E-state index in [1.165, 1.54) is 15.4 Å². The monoisotopic (exact) mass is 675 g/mol. The van der Waals surface area contributed by atoms with Crippen LogP contribution in [0.15, 0.2) is 24.3 Å². The molecule has 1 aromatic carbocycles. The molecule has 0 aliphatic carbocycles. The van der Waals surface area contributed by atoms with Gasteiger partial charge in [-0.05, 0) is 70.5 Å². The zero-order valence-electron chi connectivity index (χ0n) is 31.5. The van der Waals surface area contributed by atoms with Gasteiger partial charge in [-0.2, -0.15) is 0 Å². The molecule has 0 heterocycles. The lowest BCUT2D eigenvalue weighted by atomic mass is 9.55. The fraction of sp³-hybridized carbons (Fsp3) is 0.737. The number of rotatable bonds is 23. The van der Waals surface area contributed by atoms with E-state index in [0.29, 0.717) is 53.0 Å². The van der Waals surface area contributed by atoms with Crippen LogP contribution in [-0.4, -0.2) is 88.2 Å². The van der Waals surface area contributed by atoms with E-state index in [2.05, 4.69) is 93.6 Å². The fourth-order valence-electron chi connectivity index (χ4n) is 7.32. The van der Waals surface area contributed by atoms with Crippen LogP contribution in [0.25, 0.3) is 0 Å². The SMILES string of the molecule is CCC(C)C(C)C(C)C(C)C(C)(c1ccc(NC(=O)CN(CCN(CC(=O)O)CC(=O)O)CC(=O)O)cc1)C(C)C(C)C(C)C(C)CC. The second-order valence-electron chi connectivity index (χ2n) is 14.8. The maximum absolute atomic E-state index is 13.1. The van der Waals surface area contributed by atoms with Gasteiger partial charge in [0, 0.05) is 18.8 Å². The third-order valence-corrected chi connectivity index (χ3v) is 12.2. The maximum atomic E-state index is 13.1. The van der Waals surface area contributed by atoms with Gasteiger partial charge in [-0.1, -0.05) is 101 Å². The number of carboxylic acid groups (broad SMARTS) is 3. The van der Waals surface area contributed by atoms with Crippen molar-refractivity contribution in [3.63, 3.8) is 0 Å². The van der Waals surface area contributed by atoms with Gasteiger partial charge in [0.1, 0.15) is 0 Å². The van der Waals surface area contributed by atoms with Gasteiger partial charge >= 0.3 is 17.9 Å². The predicted octanol–water partition coefficient (Wildman–Crippen LogP) is 6.65. The summed E-state index contributed by atoms with van der Waals surface area (Å²) in [5.74, 6) is 0.156. The molecule has 1 rings (SSSR count). The second-order valence-corrected chi connectivity index (χ2v) is 14.8. The van der Waals surface area contributed by atoms with Gasteiger partial charge in [0.25, 0.3) is 0 Å². The van der Waals surface area contributed by atoms with Crippen LogP contribution in [0.1, 0.15) is 94.6 Å². The van der Waals surface area contributed by atoms with Crippen LogP contribution in [0.2, 0.25) is 0 Å². The zero-order chi connectivity index (χ0) is 36.9. The normalized spacial score (nSPS) is 18.2. The molecule has 0 saturated carbocycles. The van der Waals surface area contributed by atoms with E-state index < -0.39 is 43.4 Å². The summed E-state index contributed by atoms with van der Waals surface area (Å²) in [6, 6.07) is 8.07. The summed E-state index contributed by atoms with van der Waals surface area (Å²) in [4.78, 5) is 49.4. The van der Waals surface area contributed by atoms with Crippen molar-refractivity contribution in [1.82, 2.24) is 9.80 Å². The first-order valence-corrected chi connectivity index (χ1v) is 17.8. The van der Waals surface area contributed by atoms with E-state index in [4.69, 9.17) is 10.2 Å². The molecule has 0 aliphatic rings. The average Bonchev–Trinajstić information content (AvgIpc) is 3.03. The number of hydrogen-bond donors (Lipinski definition) is 4. The maximum Gasteiger partial charge on any atom is 0.317 e. The number of anilines is 1. The molecule has 8 atom stereocenters. The van der Waals surface area contributed by atoms with Gasteiger partial charge in [0.05, 0.1) is 26.2 Å². The quantitative estimate of drug-likeness (QED) is 0.100. The number of carbonyl (C=O) groups excluding carboxylic acids is 1. The van der Waals surface area contributed by atoms with E-state index in [-0.39, 0.29) is 25.0 Å². The molecule has 10 nitrogen and oxygen atoms in total. The lowest BCUT2D eigenvalue weighted by Gasteiger charge is -2.50. The third-order valence-electron chi connectivity index (χ3n) is 12.2. The van der Waals surface area contributed by atoms with Gasteiger partial charge in [-0.15, -0.1) is 0 Å². The molecule has 0 aromatic heterocycles. The highest BCUT2D eigenvalue weighted by molar-refractivity contribution is 5.92. The first kappa shape index (κ1) is 43.0. The Labute approximate surface area is 289 Å². The van der Waals surface area contributed by atoms with E-state index in [1.54, 1.807) is 0 Å². The fourth-order valence-corrected chi connectivity index (χ4v) is 7.32. The lowest BCUT2D eigenvalue weighted by Crippen LogP contribution is -2.46. The van der Waals surface area contributed by atoms with E-state index in [9.17, 15) is 24.3 Å². The van der Waals surface area contributed by atoms with Crippen molar-refractivity contribution in [3.8, 4) is 0 Å². The number of nitrogens with one attached hydrogen (secondary N) is 1. The predicted molar refractivity (Wildman–Crippen MR) is 192 cm³/mol. The number of carbonyl (C=O) groups is 4. The lowest BCUT2D eigenvalue weighted by molar-refractivity contribution is -0.143. The topological polar surface area (TPSA) is 147 Å².